The van der Waals surface area contributed by atoms with Crippen molar-refractivity contribution in [2.24, 2.45) is 0 Å². The van der Waals surface area contributed by atoms with E-state index in [9.17, 15) is 9.59 Å². The van der Waals surface area contributed by atoms with Crippen molar-refractivity contribution in [3.63, 3.8) is 0 Å². The third kappa shape index (κ3) is 3.14. The molecule has 6 nitrogen and oxygen atoms in total. The maximum Gasteiger partial charge on any atom is 0.269 e. The highest BCUT2D eigenvalue weighted by Crippen LogP contribution is 2.21. The van der Waals surface area contributed by atoms with Gasteiger partial charge in [-0.2, -0.15) is 0 Å². The Bertz CT molecular complexity index is 1100. The Morgan fingerprint density at radius 1 is 1.08 bits per heavy atom. The molecular formula is C18H14N4O2S. The van der Waals surface area contributed by atoms with E-state index in [0.717, 1.165) is 15.2 Å². The van der Waals surface area contributed by atoms with E-state index >= 15 is 0 Å². The number of para-hydroxylation sites is 3. The van der Waals surface area contributed by atoms with Gasteiger partial charge in [-0.3, -0.25) is 14.2 Å². The van der Waals surface area contributed by atoms with E-state index in [1.165, 1.54) is 10.8 Å². The molecule has 0 aliphatic carbocycles. The van der Waals surface area contributed by atoms with Crippen LogP contribution in [-0.4, -0.2) is 20.4 Å². The molecule has 0 radical (unpaired) electrons. The van der Waals surface area contributed by atoms with Crippen LogP contribution in [0.3, 0.4) is 0 Å². The largest absolute Gasteiger partial charge is 0.348 e. The molecule has 0 aliphatic heterocycles. The van der Waals surface area contributed by atoms with Crippen molar-refractivity contribution in [2.75, 3.05) is 0 Å². The van der Waals surface area contributed by atoms with Gasteiger partial charge in [0.1, 0.15) is 11.6 Å². The van der Waals surface area contributed by atoms with Gasteiger partial charge in [-0.05, 0) is 24.3 Å². The average Bonchev–Trinajstić information content (AvgIpc) is 3.05. The molecule has 2 heterocycles. The van der Waals surface area contributed by atoms with Crippen molar-refractivity contribution in [1.82, 2.24) is 19.9 Å². The summed E-state index contributed by atoms with van der Waals surface area (Å²) in [6.45, 7) is 0.294. The summed E-state index contributed by atoms with van der Waals surface area (Å²) >= 11 is 1.55. The third-order valence-electron chi connectivity index (χ3n) is 3.83. The zero-order valence-corrected chi connectivity index (χ0v) is 14.0. The summed E-state index contributed by atoms with van der Waals surface area (Å²) < 4.78 is 2.51. The van der Waals surface area contributed by atoms with E-state index in [4.69, 9.17) is 0 Å². The molecule has 0 unspecified atom stereocenters. The second-order valence-corrected chi connectivity index (χ2v) is 6.64. The fourth-order valence-corrected chi connectivity index (χ4v) is 3.55. The summed E-state index contributed by atoms with van der Waals surface area (Å²) in [6, 6.07) is 15.1. The Morgan fingerprint density at radius 2 is 1.84 bits per heavy atom. The van der Waals surface area contributed by atoms with Crippen LogP contribution < -0.4 is 10.9 Å². The Labute approximate surface area is 146 Å². The Morgan fingerprint density at radius 3 is 2.68 bits per heavy atom. The minimum absolute atomic E-state index is 0.0488. The lowest BCUT2D eigenvalue weighted by atomic mass is 10.3. The number of benzene rings is 2. The molecule has 0 bridgehead atoms. The summed E-state index contributed by atoms with van der Waals surface area (Å²) in [5.74, 6) is -0.238. The van der Waals surface area contributed by atoms with Gasteiger partial charge in [0.15, 0.2) is 0 Å². The first kappa shape index (κ1) is 15.5. The normalized spacial score (nSPS) is 11.0. The van der Waals surface area contributed by atoms with Gasteiger partial charge in [-0.25, -0.2) is 9.97 Å². The Balaban J connectivity index is 1.51. The quantitative estimate of drug-likeness (QED) is 0.613. The minimum atomic E-state index is -0.297. The molecule has 1 N–H and O–H groups in total. The molecule has 2 aromatic heterocycles. The molecule has 0 spiro atoms. The van der Waals surface area contributed by atoms with Crippen LogP contribution in [0.15, 0.2) is 59.5 Å². The first-order valence-electron chi connectivity index (χ1n) is 7.76. The Kier molecular flexibility index (Phi) is 3.99. The van der Waals surface area contributed by atoms with E-state index in [1.54, 1.807) is 17.4 Å². The van der Waals surface area contributed by atoms with Crippen LogP contribution >= 0.6 is 11.3 Å². The molecular weight excluding hydrogens is 336 g/mol. The maximum atomic E-state index is 12.3. The van der Waals surface area contributed by atoms with Crippen LogP contribution in [-0.2, 0) is 17.9 Å². The fourth-order valence-electron chi connectivity index (χ4n) is 2.65. The first-order valence-corrected chi connectivity index (χ1v) is 8.58. The highest BCUT2D eigenvalue weighted by atomic mass is 32.1. The van der Waals surface area contributed by atoms with Gasteiger partial charge in [0.25, 0.3) is 5.56 Å². The minimum Gasteiger partial charge on any atom is -0.348 e. The number of hydrogen-bond donors (Lipinski definition) is 1. The van der Waals surface area contributed by atoms with Crippen LogP contribution in [0.25, 0.3) is 21.3 Å². The zero-order valence-electron chi connectivity index (χ0n) is 13.2. The van der Waals surface area contributed by atoms with Gasteiger partial charge >= 0.3 is 0 Å². The van der Waals surface area contributed by atoms with Crippen LogP contribution in [0.1, 0.15) is 5.01 Å². The van der Waals surface area contributed by atoms with Crippen LogP contribution in [0.5, 0.6) is 0 Å². The number of amides is 1. The predicted octanol–water partition coefficient (Wildman–Crippen LogP) is 2.32. The van der Waals surface area contributed by atoms with Crippen molar-refractivity contribution in [1.29, 1.82) is 0 Å². The smallest absolute Gasteiger partial charge is 0.269 e. The van der Waals surface area contributed by atoms with E-state index in [-0.39, 0.29) is 18.0 Å². The summed E-state index contributed by atoms with van der Waals surface area (Å²) in [5.41, 5.74) is 1.95. The first-order chi connectivity index (χ1) is 12.2. The number of hydrogen-bond acceptors (Lipinski definition) is 5. The van der Waals surface area contributed by atoms with Crippen LogP contribution in [0, 0.1) is 0 Å². The topological polar surface area (TPSA) is 76.9 Å². The number of aromatic nitrogens is 3. The standard InChI is InChI=1S/C18H14N4O2S/c23-16(20-9-17-21-13-6-2-4-8-15(13)25-17)11-22-14-7-3-1-5-12(14)19-10-18(22)24/h1-8,10H,9,11H2,(H,20,23). The number of carbonyl (C=O) groups excluding carboxylic acids is 1. The van der Waals surface area contributed by atoms with E-state index in [0.29, 0.717) is 17.6 Å². The van der Waals surface area contributed by atoms with E-state index < -0.39 is 0 Å². The van der Waals surface area contributed by atoms with Gasteiger partial charge in [0.2, 0.25) is 5.91 Å². The lowest BCUT2D eigenvalue weighted by Crippen LogP contribution is -2.32. The SMILES string of the molecule is O=C(Cn1c(=O)cnc2ccccc21)NCc1nc2ccccc2s1. The number of fused-ring (bicyclic) bond motifs is 2. The number of rotatable bonds is 4. The zero-order chi connectivity index (χ0) is 17.2. The monoisotopic (exact) mass is 350 g/mol. The van der Waals surface area contributed by atoms with Crippen molar-refractivity contribution in [3.8, 4) is 0 Å². The second kappa shape index (κ2) is 6.45. The molecule has 0 fully saturated rings. The van der Waals surface area contributed by atoms with Gasteiger partial charge in [-0.15, -0.1) is 11.3 Å². The number of nitrogens with one attached hydrogen (secondary N) is 1. The lowest BCUT2D eigenvalue weighted by molar-refractivity contribution is -0.121. The molecule has 0 aliphatic rings. The molecule has 0 atom stereocenters. The third-order valence-corrected chi connectivity index (χ3v) is 4.87. The molecule has 0 saturated heterocycles. The molecule has 0 saturated carbocycles. The summed E-state index contributed by atoms with van der Waals surface area (Å²) in [5, 5.41) is 3.66. The van der Waals surface area contributed by atoms with Gasteiger partial charge in [0.05, 0.1) is 34.0 Å². The molecule has 1 amide bonds. The van der Waals surface area contributed by atoms with Crippen molar-refractivity contribution >= 4 is 38.5 Å². The van der Waals surface area contributed by atoms with E-state index in [2.05, 4.69) is 15.3 Å². The molecule has 2 aromatic carbocycles. The number of nitrogens with zero attached hydrogens (tertiary/aromatic N) is 3. The number of thiazole rings is 1. The van der Waals surface area contributed by atoms with Crippen molar-refractivity contribution in [3.05, 3.63) is 70.1 Å². The molecule has 25 heavy (non-hydrogen) atoms. The highest BCUT2D eigenvalue weighted by molar-refractivity contribution is 7.18. The van der Waals surface area contributed by atoms with Gasteiger partial charge in [0, 0.05) is 0 Å². The molecule has 7 heteroatoms. The summed E-state index contributed by atoms with van der Waals surface area (Å²) in [4.78, 5) is 32.9. The molecule has 4 rings (SSSR count). The Hall–Kier alpha value is -3.06. The van der Waals surface area contributed by atoms with Gasteiger partial charge < -0.3 is 5.32 Å². The van der Waals surface area contributed by atoms with Crippen molar-refractivity contribution < 1.29 is 4.79 Å². The van der Waals surface area contributed by atoms with Crippen molar-refractivity contribution in [2.45, 2.75) is 13.1 Å². The lowest BCUT2D eigenvalue weighted by Gasteiger charge is -2.09. The predicted molar refractivity (Wildman–Crippen MR) is 97.5 cm³/mol. The highest BCUT2D eigenvalue weighted by Gasteiger charge is 2.10. The van der Waals surface area contributed by atoms with Crippen LogP contribution in [0.4, 0.5) is 0 Å². The number of carbonyl (C=O) groups is 1. The van der Waals surface area contributed by atoms with E-state index in [1.807, 2.05) is 42.5 Å². The fraction of sp³-hybridized carbons (Fsp3) is 0.111. The summed E-state index contributed by atoms with van der Waals surface area (Å²) in [6.07, 6.45) is 1.24. The second-order valence-electron chi connectivity index (χ2n) is 5.52. The van der Waals surface area contributed by atoms with Crippen LogP contribution in [0.2, 0.25) is 0 Å². The van der Waals surface area contributed by atoms with Gasteiger partial charge in [-0.1, -0.05) is 24.3 Å². The molecule has 124 valence electrons. The molecule has 4 aromatic rings. The average molecular weight is 350 g/mol. The maximum absolute atomic E-state index is 12.3. The summed E-state index contributed by atoms with van der Waals surface area (Å²) in [7, 11) is 0.